The lowest BCUT2D eigenvalue weighted by Gasteiger charge is -2.20. The molecule has 8 rings (SSSR count). The van der Waals surface area contributed by atoms with Crippen LogP contribution in [0.15, 0.2) is 206 Å². The first-order valence-electron chi connectivity index (χ1n) is 16.0. The van der Waals surface area contributed by atoms with E-state index in [0.717, 1.165) is 53.4 Å². The molecule has 0 amide bonds. The van der Waals surface area contributed by atoms with Crippen LogP contribution in [0, 0.1) is 0 Å². The van der Waals surface area contributed by atoms with E-state index in [0.29, 0.717) is 0 Å². The Morgan fingerprint density at radius 2 is 0.479 bits per heavy atom. The first-order chi connectivity index (χ1) is 23.6. The standard InChI is InChI=1S/2C22H17OP/c2*23-24(20-11-3-1-4-12-20,21-13-5-2-6-14-21)22-16-15-18-9-7-8-10-19(18)17-22/h2*1-17H. The molecule has 0 aromatic heterocycles. The molecule has 0 N–H and O–H groups in total. The van der Waals surface area contributed by atoms with E-state index in [2.05, 4.69) is 48.5 Å². The normalized spacial score (nSPS) is 11.5. The Morgan fingerprint density at radius 3 is 0.771 bits per heavy atom. The zero-order chi connectivity index (χ0) is 32.8. The smallest absolute Gasteiger partial charge is 0.171 e. The summed E-state index contributed by atoms with van der Waals surface area (Å²) in [5, 5.41) is 9.76. The van der Waals surface area contributed by atoms with Crippen LogP contribution >= 0.6 is 14.3 Å². The molecule has 0 heterocycles. The Morgan fingerprint density at radius 1 is 0.229 bits per heavy atom. The van der Waals surface area contributed by atoms with E-state index >= 15 is 0 Å². The third-order valence-electron chi connectivity index (χ3n) is 8.67. The minimum Gasteiger partial charge on any atom is -0.309 e. The number of hydrogen-bond acceptors (Lipinski definition) is 2. The zero-order valence-corrected chi connectivity index (χ0v) is 28.1. The second-order valence-corrected chi connectivity index (χ2v) is 17.2. The average molecular weight is 657 g/mol. The van der Waals surface area contributed by atoms with Crippen molar-refractivity contribution in [3.05, 3.63) is 206 Å². The highest BCUT2D eigenvalue weighted by molar-refractivity contribution is 7.85. The Labute approximate surface area is 282 Å². The zero-order valence-electron chi connectivity index (χ0n) is 26.3. The van der Waals surface area contributed by atoms with E-state index in [1.807, 2.05) is 158 Å². The predicted molar refractivity (Wildman–Crippen MR) is 207 cm³/mol. The predicted octanol–water partition coefficient (Wildman–Crippen LogP) is 8.96. The van der Waals surface area contributed by atoms with E-state index in [9.17, 15) is 9.13 Å². The van der Waals surface area contributed by atoms with Gasteiger partial charge in [0.05, 0.1) is 0 Å². The van der Waals surface area contributed by atoms with E-state index in [1.54, 1.807) is 0 Å². The fourth-order valence-corrected chi connectivity index (χ4v) is 11.6. The monoisotopic (exact) mass is 656 g/mol. The summed E-state index contributed by atoms with van der Waals surface area (Å²) < 4.78 is 28.5. The van der Waals surface area contributed by atoms with Crippen molar-refractivity contribution >= 4 is 67.7 Å². The quantitative estimate of drug-likeness (QED) is 0.168. The summed E-state index contributed by atoms with van der Waals surface area (Å²) in [7, 11) is -5.76. The van der Waals surface area contributed by atoms with Crippen molar-refractivity contribution < 1.29 is 9.13 Å². The highest BCUT2D eigenvalue weighted by Gasteiger charge is 2.30. The van der Waals surface area contributed by atoms with Gasteiger partial charge in [0.15, 0.2) is 14.3 Å². The van der Waals surface area contributed by atoms with Gasteiger partial charge in [0, 0.05) is 31.8 Å². The molecule has 48 heavy (non-hydrogen) atoms. The molecule has 0 atom stereocenters. The van der Waals surface area contributed by atoms with Gasteiger partial charge in [-0.3, -0.25) is 0 Å². The number of rotatable bonds is 6. The van der Waals surface area contributed by atoms with Gasteiger partial charge in [0.1, 0.15) is 0 Å². The van der Waals surface area contributed by atoms with Crippen LogP contribution < -0.4 is 31.8 Å². The van der Waals surface area contributed by atoms with Crippen LogP contribution in [0.3, 0.4) is 0 Å². The molecule has 0 aliphatic heterocycles. The number of hydrogen-bond donors (Lipinski definition) is 0. The van der Waals surface area contributed by atoms with Crippen LogP contribution in [-0.2, 0) is 9.13 Å². The van der Waals surface area contributed by atoms with Gasteiger partial charge in [-0.05, 0) is 33.7 Å². The minimum absolute atomic E-state index is 0.867. The lowest BCUT2D eigenvalue weighted by Crippen LogP contribution is -2.24. The topological polar surface area (TPSA) is 34.1 Å². The van der Waals surface area contributed by atoms with E-state index < -0.39 is 14.3 Å². The van der Waals surface area contributed by atoms with Gasteiger partial charge < -0.3 is 9.13 Å². The third-order valence-corrected chi connectivity index (χ3v) is 14.8. The van der Waals surface area contributed by atoms with Crippen LogP contribution in [0.5, 0.6) is 0 Å². The van der Waals surface area contributed by atoms with Crippen molar-refractivity contribution in [1.82, 2.24) is 0 Å². The summed E-state index contributed by atoms with van der Waals surface area (Å²) in [6, 6.07) is 67.8. The van der Waals surface area contributed by atoms with Crippen LogP contribution in [0.2, 0.25) is 0 Å². The highest BCUT2D eigenvalue weighted by atomic mass is 31.2. The van der Waals surface area contributed by atoms with Gasteiger partial charge in [-0.25, -0.2) is 0 Å². The van der Waals surface area contributed by atoms with Gasteiger partial charge in [-0.15, -0.1) is 0 Å². The molecular weight excluding hydrogens is 622 g/mol. The molecule has 8 aromatic carbocycles. The van der Waals surface area contributed by atoms with Crippen molar-refractivity contribution in [2.24, 2.45) is 0 Å². The Kier molecular flexibility index (Phi) is 9.04. The van der Waals surface area contributed by atoms with Crippen LogP contribution in [0.1, 0.15) is 0 Å². The van der Waals surface area contributed by atoms with Crippen LogP contribution in [-0.4, -0.2) is 0 Å². The van der Waals surface area contributed by atoms with Crippen molar-refractivity contribution in [3.63, 3.8) is 0 Å². The largest absolute Gasteiger partial charge is 0.309 e. The molecule has 0 spiro atoms. The first-order valence-corrected chi connectivity index (χ1v) is 19.4. The number of fused-ring (bicyclic) bond motifs is 2. The van der Waals surface area contributed by atoms with E-state index in [1.165, 1.54) is 0 Å². The van der Waals surface area contributed by atoms with E-state index in [-0.39, 0.29) is 0 Å². The van der Waals surface area contributed by atoms with Gasteiger partial charge in [-0.1, -0.05) is 194 Å². The maximum Gasteiger partial charge on any atom is 0.171 e. The van der Waals surface area contributed by atoms with Gasteiger partial charge in [0.25, 0.3) is 0 Å². The molecule has 0 bridgehead atoms. The van der Waals surface area contributed by atoms with Crippen LogP contribution in [0.25, 0.3) is 21.5 Å². The Bertz CT molecular complexity index is 2130. The molecule has 0 fully saturated rings. The summed E-state index contributed by atoms with van der Waals surface area (Å²) in [4.78, 5) is 0. The Hall–Kier alpha value is -5.26. The molecule has 0 aliphatic rings. The molecule has 0 aliphatic carbocycles. The van der Waals surface area contributed by atoms with Crippen molar-refractivity contribution in [2.75, 3.05) is 0 Å². The molecule has 8 aromatic rings. The molecule has 232 valence electrons. The lowest BCUT2D eigenvalue weighted by molar-refractivity contribution is 0.591. The second-order valence-electron chi connectivity index (χ2n) is 11.6. The third kappa shape index (κ3) is 6.10. The molecule has 0 saturated carbocycles. The molecule has 0 radical (unpaired) electrons. The van der Waals surface area contributed by atoms with E-state index in [4.69, 9.17) is 0 Å². The summed E-state index contributed by atoms with van der Waals surface area (Å²) in [5.41, 5.74) is 0. The van der Waals surface area contributed by atoms with Crippen molar-refractivity contribution in [2.45, 2.75) is 0 Å². The molecule has 4 heteroatoms. The first kappa shape index (κ1) is 31.3. The Balaban J connectivity index is 0.000000152. The fraction of sp³-hybridized carbons (Fsp3) is 0. The highest BCUT2D eigenvalue weighted by Crippen LogP contribution is 2.44. The molecule has 2 nitrogen and oxygen atoms in total. The van der Waals surface area contributed by atoms with Crippen molar-refractivity contribution in [3.8, 4) is 0 Å². The van der Waals surface area contributed by atoms with Gasteiger partial charge in [-0.2, -0.15) is 0 Å². The minimum atomic E-state index is -2.88. The second kappa shape index (κ2) is 13.8. The summed E-state index contributed by atoms with van der Waals surface area (Å²) in [6.07, 6.45) is 0. The van der Waals surface area contributed by atoms with Gasteiger partial charge in [0.2, 0.25) is 0 Å². The van der Waals surface area contributed by atoms with Gasteiger partial charge >= 0.3 is 0 Å². The summed E-state index contributed by atoms with van der Waals surface area (Å²) >= 11 is 0. The number of benzene rings is 8. The molecule has 0 saturated heterocycles. The fourth-order valence-electron chi connectivity index (χ4n) is 6.19. The SMILES string of the molecule is O=P(c1ccccc1)(c1ccccc1)c1ccc2ccccc2c1.O=P(c1ccccc1)(c1ccccc1)c1ccc2ccccc2c1. The summed E-state index contributed by atoms with van der Waals surface area (Å²) in [6.45, 7) is 0. The molecule has 0 unspecified atom stereocenters. The molecular formula is C44H34O2P2. The average Bonchev–Trinajstić information content (AvgIpc) is 3.18. The summed E-state index contributed by atoms with van der Waals surface area (Å²) in [5.74, 6) is 0. The lowest BCUT2D eigenvalue weighted by atomic mass is 10.1. The maximum absolute atomic E-state index is 14.3. The maximum atomic E-state index is 14.3. The van der Waals surface area contributed by atoms with Crippen LogP contribution in [0.4, 0.5) is 0 Å². The van der Waals surface area contributed by atoms with Crippen molar-refractivity contribution in [1.29, 1.82) is 0 Å².